The van der Waals surface area contributed by atoms with Crippen LogP contribution in [0.3, 0.4) is 0 Å². The molecule has 0 saturated carbocycles. The lowest BCUT2D eigenvalue weighted by atomic mass is 10.1. The molecule has 0 aliphatic carbocycles. The van der Waals surface area contributed by atoms with Gasteiger partial charge in [-0.25, -0.2) is 0 Å². The van der Waals surface area contributed by atoms with Gasteiger partial charge in [0.15, 0.2) is 0 Å². The highest BCUT2D eigenvalue weighted by Gasteiger charge is 2.42. The number of para-hydroxylation sites is 1. The van der Waals surface area contributed by atoms with Crippen LogP contribution in [0.2, 0.25) is 0 Å². The lowest BCUT2D eigenvalue weighted by Gasteiger charge is -2.37. The van der Waals surface area contributed by atoms with E-state index < -0.39 is 0 Å². The third-order valence-electron chi connectivity index (χ3n) is 5.36. The number of amides is 2. The minimum absolute atomic E-state index is 0.130. The quantitative estimate of drug-likeness (QED) is 0.703. The molecule has 28 heavy (non-hydrogen) atoms. The van der Waals surface area contributed by atoms with Crippen molar-refractivity contribution in [3.63, 3.8) is 0 Å². The molecule has 1 fully saturated rings. The maximum Gasteiger partial charge on any atom is 0.277 e. The summed E-state index contributed by atoms with van der Waals surface area (Å²) in [6, 6.07) is 14.2. The van der Waals surface area contributed by atoms with Gasteiger partial charge in [-0.1, -0.05) is 37.6 Å². The summed E-state index contributed by atoms with van der Waals surface area (Å²) in [7, 11) is 0. The molecule has 146 valence electrons. The minimum Gasteiger partial charge on any atom is -0.368 e. The molecule has 4 rings (SSSR count). The molecule has 2 amide bonds. The molecule has 6 heteroatoms. The smallest absolute Gasteiger partial charge is 0.277 e. The first-order valence-electron chi connectivity index (χ1n) is 9.90. The van der Waals surface area contributed by atoms with E-state index in [-0.39, 0.29) is 11.8 Å². The third kappa shape index (κ3) is 3.44. The zero-order valence-corrected chi connectivity index (χ0v) is 17.0. The normalized spacial score (nSPS) is 17.8. The third-order valence-corrected chi connectivity index (χ3v) is 6.25. The Bertz CT molecular complexity index is 868. The Morgan fingerprint density at radius 1 is 0.893 bits per heavy atom. The van der Waals surface area contributed by atoms with Crippen LogP contribution < -0.4 is 4.90 Å². The highest BCUT2D eigenvalue weighted by molar-refractivity contribution is 7.11. The standard InChI is InChI=1S/C22H25N3O2S/c1-2-3-11-25-21(26)19(18-10-7-16-28-18)20(22(25)27)24-14-12-23(13-15-24)17-8-5-4-6-9-17/h4-10,16H,2-3,11-15H2,1H3. The van der Waals surface area contributed by atoms with Gasteiger partial charge in [0.05, 0.1) is 5.57 Å². The molecule has 0 spiro atoms. The van der Waals surface area contributed by atoms with Crippen molar-refractivity contribution in [3.8, 4) is 0 Å². The number of benzene rings is 1. The Morgan fingerprint density at radius 3 is 2.25 bits per heavy atom. The molecule has 1 aromatic carbocycles. The van der Waals surface area contributed by atoms with Crippen molar-refractivity contribution in [1.82, 2.24) is 9.80 Å². The van der Waals surface area contributed by atoms with Crippen LogP contribution in [0.1, 0.15) is 24.6 Å². The molecule has 0 N–H and O–H groups in total. The van der Waals surface area contributed by atoms with Crippen LogP contribution in [0, 0.1) is 0 Å². The number of unbranched alkanes of at least 4 members (excludes halogenated alkanes) is 1. The van der Waals surface area contributed by atoms with Crippen LogP contribution in [-0.4, -0.2) is 54.3 Å². The Labute approximate surface area is 169 Å². The number of nitrogens with zero attached hydrogens (tertiary/aromatic N) is 3. The van der Waals surface area contributed by atoms with Crippen molar-refractivity contribution in [2.24, 2.45) is 0 Å². The van der Waals surface area contributed by atoms with Gasteiger partial charge < -0.3 is 9.80 Å². The van der Waals surface area contributed by atoms with E-state index in [1.807, 2.05) is 35.7 Å². The van der Waals surface area contributed by atoms with E-state index in [1.54, 1.807) is 0 Å². The van der Waals surface area contributed by atoms with Crippen LogP contribution in [0.15, 0.2) is 53.5 Å². The van der Waals surface area contributed by atoms with Gasteiger partial charge in [-0.3, -0.25) is 14.5 Å². The predicted octanol–water partition coefficient (Wildman–Crippen LogP) is 3.45. The van der Waals surface area contributed by atoms with E-state index in [1.165, 1.54) is 21.9 Å². The first kappa shape index (κ1) is 18.7. The summed E-state index contributed by atoms with van der Waals surface area (Å²) in [6.07, 6.45) is 1.79. The molecule has 3 heterocycles. The van der Waals surface area contributed by atoms with E-state index in [0.29, 0.717) is 17.8 Å². The van der Waals surface area contributed by atoms with Gasteiger partial charge in [0.2, 0.25) is 0 Å². The lowest BCUT2D eigenvalue weighted by Crippen LogP contribution is -2.47. The van der Waals surface area contributed by atoms with Crippen molar-refractivity contribution >= 4 is 34.4 Å². The first-order valence-corrected chi connectivity index (χ1v) is 10.8. The van der Waals surface area contributed by atoms with Crippen molar-refractivity contribution in [3.05, 3.63) is 58.4 Å². The van der Waals surface area contributed by atoms with Gasteiger partial charge >= 0.3 is 0 Å². The summed E-state index contributed by atoms with van der Waals surface area (Å²) < 4.78 is 0. The van der Waals surface area contributed by atoms with Crippen LogP contribution in [0.25, 0.3) is 5.57 Å². The molecule has 0 atom stereocenters. The fourth-order valence-electron chi connectivity index (χ4n) is 3.85. The van der Waals surface area contributed by atoms with Gasteiger partial charge in [0.25, 0.3) is 11.8 Å². The average molecular weight is 396 g/mol. The van der Waals surface area contributed by atoms with Crippen molar-refractivity contribution < 1.29 is 9.59 Å². The van der Waals surface area contributed by atoms with Crippen molar-refractivity contribution in [2.45, 2.75) is 19.8 Å². The molecule has 1 saturated heterocycles. The Balaban J connectivity index is 1.59. The first-order chi connectivity index (χ1) is 13.7. The zero-order chi connectivity index (χ0) is 19.5. The number of carbonyl (C=O) groups is 2. The lowest BCUT2D eigenvalue weighted by molar-refractivity contribution is -0.137. The Hall–Kier alpha value is -2.60. The van der Waals surface area contributed by atoms with Crippen LogP contribution in [-0.2, 0) is 9.59 Å². The molecule has 0 unspecified atom stereocenters. The van der Waals surface area contributed by atoms with Crippen molar-refractivity contribution in [2.75, 3.05) is 37.6 Å². The van der Waals surface area contributed by atoms with E-state index in [0.717, 1.165) is 43.9 Å². The van der Waals surface area contributed by atoms with Crippen LogP contribution in [0.5, 0.6) is 0 Å². The Morgan fingerprint density at radius 2 is 1.61 bits per heavy atom. The summed E-state index contributed by atoms with van der Waals surface area (Å²) in [5, 5.41) is 1.96. The number of piperazine rings is 1. The summed E-state index contributed by atoms with van der Waals surface area (Å²) >= 11 is 1.52. The number of carbonyl (C=O) groups excluding carboxylic acids is 2. The molecule has 5 nitrogen and oxygen atoms in total. The van der Waals surface area contributed by atoms with E-state index in [2.05, 4.69) is 28.9 Å². The number of anilines is 1. The fourth-order valence-corrected chi connectivity index (χ4v) is 4.61. The van der Waals surface area contributed by atoms with Gasteiger partial charge in [0.1, 0.15) is 5.70 Å². The summed E-state index contributed by atoms with van der Waals surface area (Å²) in [5.41, 5.74) is 2.38. The second-order valence-electron chi connectivity index (χ2n) is 7.13. The van der Waals surface area contributed by atoms with E-state index in [9.17, 15) is 9.59 Å². The molecule has 2 aliphatic heterocycles. The highest BCUT2D eigenvalue weighted by atomic mass is 32.1. The van der Waals surface area contributed by atoms with E-state index in [4.69, 9.17) is 0 Å². The number of thiophene rings is 1. The number of hydrogen-bond donors (Lipinski definition) is 0. The van der Waals surface area contributed by atoms with Gasteiger partial charge in [-0.2, -0.15) is 0 Å². The topological polar surface area (TPSA) is 43.9 Å². The molecular formula is C22H25N3O2S. The van der Waals surface area contributed by atoms with Gasteiger partial charge in [-0.15, -0.1) is 11.3 Å². The average Bonchev–Trinajstić information content (AvgIpc) is 3.34. The van der Waals surface area contributed by atoms with E-state index >= 15 is 0 Å². The number of imide groups is 1. The molecule has 1 aromatic heterocycles. The minimum atomic E-state index is -0.138. The predicted molar refractivity (Wildman–Crippen MR) is 113 cm³/mol. The second-order valence-corrected chi connectivity index (χ2v) is 8.07. The molecule has 2 aromatic rings. The molecule has 0 bridgehead atoms. The number of hydrogen-bond acceptors (Lipinski definition) is 5. The van der Waals surface area contributed by atoms with Gasteiger partial charge in [-0.05, 0) is 30.0 Å². The molecule has 2 aliphatic rings. The Kier molecular flexibility index (Phi) is 5.48. The maximum absolute atomic E-state index is 13.2. The highest BCUT2D eigenvalue weighted by Crippen LogP contribution is 2.34. The maximum atomic E-state index is 13.2. The largest absolute Gasteiger partial charge is 0.368 e. The fraction of sp³-hybridized carbons (Fsp3) is 0.364. The number of rotatable bonds is 6. The summed E-state index contributed by atoms with van der Waals surface area (Å²) in [5.74, 6) is -0.267. The second kappa shape index (κ2) is 8.19. The summed E-state index contributed by atoms with van der Waals surface area (Å²) in [6.45, 7) is 5.71. The van der Waals surface area contributed by atoms with Gasteiger partial charge in [0, 0.05) is 43.3 Å². The SMILES string of the molecule is CCCCN1C(=O)C(c2cccs2)=C(N2CCN(c3ccccc3)CC2)C1=O. The molecule has 0 radical (unpaired) electrons. The van der Waals surface area contributed by atoms with Crippen LogP contribution in [0.4, 0.5) is 5.69 Å². The van der Waals surface area contributed by atoms with Crippen LogP contribution >= 0.6 is 11.3 Å². The molecular weight excluding hydrogens is 370 g/mol. The summed E-state index contributed by atoms with van der Waals surface area (Å²) in [4.78, 5) is 33.0. The zero-order valence-electron chi connectivity index (χ0n) is 16.1. The monoisotopic (exact) mass is 395 g/mol. The van der Waals surface area contributed by atoms with Crippen molar-refractivity contribution in [1.29, 1.82) is 0 Å².